The van der Waals surface area contributed by atoms with Gasteiger partial charge in [-0.2, -0.15) is 0 Å². The monoisotopic (exact) mass is 391 g/mol. The molecule has 0 bridgehead atoms. The van der Waals surface area contributed by atoms with Crippen molar-refractivity contribution in [2.24, 2.45) is 0 Å². The van der Waals surface area contributed by atoms with Crippen molar-refractivity contribution >= 4 is 17.9 Å². The molecule has 2 aromatic carbocycles. The fourth-order valence-electron chi connectivity index (χ4n) is 2.90. The van der Waals surface area contributed by atoms with E-state index in [9.17, 15) is 14.4 Å². The molecular weight excluding hydrogens is 374 g/mol. The smallest absolute Gasteiger partial charge is 0.378 e. The second kappa shape index (κ2) is 7.93. The van der Waals surface area contributed by atoms with Crippen LogP contribution in [-0.2, 0) is 9.53 Å². The van der Waals surface area contributed by atoms with Crippen LogP contribution in [0.3, 0.4) is 0 Å². The minimum absolute atomic E-state index is 0.175. The molecule has 1 aliphatic rings. The molecule has 3 aromatic rings. The number of nitrogens with zero attached hydrogens (tertiary/aromatic N) is 4. The largest absolute Gasteiger partial charge is 0.450 e. The lowest BCUT2D eigenvalue weighted by Crippen LogP contribution is -2.37. The van der Waals surface area contributed by atoms with Gasteiger partial charge in [0.1, 0.15) is 0 Å². The van der Waals surface area contributed by atoms with Gasteiger partial charge in [-0.3, -0.25) is 9.69 Å². The van der Waals surface area contributed by atoms with Crippen molar-refractivity contribution in [1.82, 2.24) is 25.0 Å². The third kappa shape index (κ3) is 3.84. The number of hydrogen-bond acceptors (Lipinski definition) is 6. The van der Waals surface area contributed by atoms with Crippen molar-refractivity contribution < 1.29 is 19.1 Å². The Bertz CT molecular complexity index is 992. The number of aromatic nitrogens is 3. The zero-order chi connectivity index (χ0) is 20.2. The molecule has 1 aliphatic heterocycles. The Morgan fingerprint density at radius 1 is 1.03 bits per heavy atom. The summed E-state index contributed by atoms with van der Waals surface area (Å²) in [5.74, 6) is -1.15. The first-order valence-corrected chi connectivity index (χ1v) is 8.97. The van der Waals surface area contributed by atoms with E-state index in [1.165, 1.54) is 0 Å². The summed E-state index contributed by atoms with van der Waals surface area (Å²) in [5, 5.41) is 6.79. The number of nitrogens with one attached hydrogen (secondary N) is 1. The number of imide groups is 1. The number of hydrogen-bond donors (Lipinski definition) is 1. The number of benzene rings is 2. The summed E-state index contributed by atoms with van der Waals surface area (Å²) in [4.78, 5) is 41.3. The van der Waals surface area contributed by atoms with Crippen molar-refractivity contribution in [3.63, 3.8) is 0 Å². The highest BCUT2D eigenvalue weighted by Gasteiger charge is 2.28. The molecule has 29 heavy (non-hydrogen) atoms. The molecule has 1 aromatic heterocycles. The Morgan fingerprint density at radius 3 is 2.38 bits per heavy atom. The van der Waals surface area contributed by atoms with Crippen LogP contribution in [0.25, 0.3) is 17.1 Å². The van der Waals surface area contributed by atoms with Crippen LogP contribution in [0.15, 0.2) is 60.7 Å². The molecule has 9 heteroatoms. The van der Waals surface area contributed by atoms with Gasteiger partial charge < -0.3 is 10.1 Å². The molecule has 0 aliphatic carbocycles. The van der Waals surface area contributed by atoms with Crippen LogP contribution in [0.2, 0.25) is 0 Å². The van der Waals surface area contributed by atoms with Crippen LogP contribution in [0.5, 0.6) is 0 Å². The second-order valence-corrected chi connectivity index (χ2v) is 6.23. The third-order valence-corrected chi connectivity index (χ3v) is 4.31. The lowest BCUT2D eigenvalue weighted by Gasteiger charge is -2.11. The van der Waals surface area contributed by atoms with E-state index < -0.39 is 24.5 Å². The van der Waals surface area contributed by atoms with Gasteiger partial charge in [-0.15, -0.1) is 5.10 Å². The minimum atomic E-state index is -0.843. The maximum atomic E-state index is 12.4. The first-order chi connectivity index (χ1) is 14.1. The highest BCUT2D eigenvalue weighted by molar-refractivity contribution is 5.97. The van der Waals surface area contributed by atoms with Crippen molar-refractivity contribution in [1.29, 1.82) is 0 Å². The lowest BCUT2D eigenvalue weighted by atomic mass is 10.2. The summed E-state index contributed by atoms with van der Waals surface area (Å²) in [7, 11) is 0. The number of carbonyl (C=O) groups excluding carboxylic acids is 3. The number of ether oxygens (including phenoxy) is 1. The van der Waals surface area contributed by atoms with E-state index in [0.717, 1.165) is 16.2 Å². The molecule has 9 nitrogen and oxygen atoms in total. The molecule has 2 heterocycles. The molecule has 0 saturated carbocycles. The van der Waals surface area contributed by atoms with Crippen LogP contribution in [0.1, 0.15) is 10.6 Å². The van der Waals surface area contributed by atoms with Gasteiger partial charge in [-0.05, 0) is 12.1 Å². The number of rotatable bonds is 5. The van der Waals surface area contributed by atoms with Gasteiger partial charge in [-0.25, -0.2) is 19.3 Å². The molecule has 1 fully saturated rings. The standard InChI is InChI=1S/C20H17N5O4/c26-16(24-12-11-21-20(24)28)13-29-19(27)17-22-18(14-7-3-1-4-8-14)25(23-17)15-9-5-2-6-10-15/h1-10H,11-13H2,(H,21,28). The van der Waals surface area contributed by atoms with Crippen molar-refractivity contribution in [3.8, 4) is 17.1 Å². The summed E-state index contributed by atoms with van der Waals surface area (Å²) in [5.41, 5.74) is 1.50. The first-order valence-electron chi connectivity index (χ1n) is 8.97. The van der Waals surface area contributed by atoms with E-state index in [1.54, 1.807) is 4.68 Å². The SMILES string of the molecule is O=C(OCC(=O)N1CCNC1=O)c1nc(-c2ccccc2)n(-c2ccccc2)n1. The lowest BCUT2D eigenvalue weighted by molar-refractivity contribution is -0.130. The Kier molecular flexibility index (Phi) is 5.02. The van der Waals surface area contributed by atoms with Gasteiger partial charge in [0.25, 0.3) is 11.7 Å². The predicted octanol–water partition coefficient (Wildman–Crippen LogP) is 1.64. The third-order valence-electron chi connectivity index (χ3n) is 4.31. The Labute approximate surface area is 165 Å². The van der Waals surface area contributed by atoms with Crippen LogP contribution in [-0.4, -0.2) is 57.3 Å². The fourth-order valence-corrected chi connectivity index (χ4v) is 2.90. The van der Waals surface area contributed by atoms with Gasteiger partial charge in [0, 0.05) is 18.7 Å². The fraction of sp³-hybridized carbons (Fsp3) is 0.150. The van der Waals surface area contributed by atoms with E-state index in [4.69, 9.17) is 4.74 Å². The second-order valence-electron chi connectivity index (χ2n) is 6.23. The molecule has 146 valence electrons. The summed E-state index contributed by atoms with van der Waals surface area (Å²) in [6.45, 7) is 0.0586. The normalized spacial score (nSPS) is 13.2. The van der Waals surface area contributed by atoms with Crippen molar-refractivity contribution in [2.45, 2.75) is 0 Å². The van der Waals surface area contributed by atoms with Gasteiger partial charge in [0.2, 0.25) is 0 Å². The summed E-state index contributed by atoms with van der Waals surface area (Å²) in [6, 6.07) is 18.1. The average Bonchev–Trinajstić information content (AvgIpc) is 3.40. The van der Waals surface area contributed by atoms with Crippen molar-refractivity contribution in [2.75, 3.05) is 19.7 Å². The van der Waals surface area contributed by atoms with Gasteiger partial charge in [-0.1, -0.05) is 48.5 Å². The highest BCUT2D eigenvalue weighted by Crippen LogP contribution is 2.21. The van der Waals surface area contributed by atoms with E-state index in [0.29, 0.717) is 12.4 Å². The number of esters is 1. The van der Waals surface area contributed by atoms with Crippen LogP contribution >= 0.6 is 0 Å². The number of urea groups is 1. The molecule has 1 N–H and O–H groups in total. The van der Waals surface area contributed by atoms with E-state index in [-0.39, 0.29) is 12.4 Å². The molecule has 0 spiro atoms. The average molecular weight is 391 g/mol. The van der Waals surface area contributed by atoms with E-state index in [2.05, 4.69) is 15.4 Å². The first kappa shape index (κ1) is 18.4. The molecule has 1 saturated heterocycles. The van der Waals surface area contributed by atoms with Crippen LogP contribution in [0, 0.1) is 0 Å². The Balaban J connectivity index is 1.57. The maximum Gasteiger partial charge on any atom is 0.378 e. The zero-order valence-corrected chi connectivity index (χ0v) is 15.3. The summed E-state index contributed by atoms with van der Waals surface area (Å²) >= 11 is 0. The molecule has 0 atom stereocenters. The minimum Gasteiger partial charge on any atom is -0.450 e. The van der Waals surface area contributed by atoms with Crippen molar-refractivity contribution in [3.05, 3.63) is 66.5 Å². The molecular formula is C20H17N5O4. The predicted molar refractivity (Wildman–Crippen MR) is 102 cm³/mol. The van der Waals surface area contributed by atoms with Crippen LogP contribution in [0.4, 0.5) is 4.79 Å². The molecule has 4 rings (SSSR count). The Morgan fingerprint density at radius 2 is 1.72 bits per heavy atom. The highest BCUT2D eigenvalue weighted by atomic mass is 16.5. The van der Waals surface area contributed by atoms with Gasteiger partial charge >= 0.3 is 12.0 Å². The topological polar surface area (TPSA) is 106 Å². The molecule has 0 unspecified atom stereocenters. The molecule has 3 amide bonds. The number of amides is 3. The quantitative estimate of drug-likeness (QED) is 0.663. The van der Waals surface area contributed by atoms with E-state index >= 15 is 0 Å². The zero-order valence-electron chi connectivity index (χ0n) is 15.3. The van der Waals surface area contributed by atoms with E-state index in [1.807, 2.05) is 60.7 Å². The van der Waals surface area contributed by atoms with Gasteiger partial charge in [0.15, 0.2) is 12.4 Å². The maximum absolute atomic E-state index is 12.4. The number of carbonyl (C=O) groups is 3. The Hall–Kier alpha value is -4.01. The number of para-hydroxylation sites is 1. The summed E-state index contributed by atoms with van der Waals surface area (Å²) < 4.78 is 6.59. The summed E-state index contributed by atoms with van der Waals surface area (Å²) in [6.07, 6.45) is 0. The molecule has 0 radical (unpaired) electrons. The van der Waals surface area contributed by atoms with Crippen LogP contribution < -0.4 is 5.32 Å². The van der Waals surface area contributed by atoms with Gasteiger partial charge in [0.05, 0.1) is 5.69 Å².